The van der Waals surface area contributed by atoms with Gasteiger partial charge in [-0.2, -0.15) is 0 Å². The van der Waals surface area contributed by atoms with Crippen LogP contribution in [0.1, 0.15) is 51.9 Å². The molecule has 0 aromatic carbocycles. The average Bonchev–Trinajstić information content (AvgIpc) is 2.46. The van der Waals surface area contributed by atoms with Gasteiger partial charge in [0.1, 0.15) is 5.60 Å². The molecule has 2 heteroatoms. The van der Waals surface area contributed by atoms with Gasteiger partial charge < -0.3 is 4.74 Å². The molecule has 0 heterocycles. The Balaban J connectivity index is 2.07. The predicted molar refractivity (Wildman–Crippen MR) is 54.9 cm³/mol. The Hall–Kier alpha value is -0.790. The van der Waals surface area contributed by atoms with Crippen molar-refractivity contribution in [3.63, 3.8) is 0 Å². The van der Waals surface area contributed by atoms with Gasteiger partial charge in [0.2, 0.25) is 0 Å². The van der Waals surface area contributed by atoms with Gasteiger partial charge in [0.25, 0.3) is 0 Å². The lowest BCUT2D eigenvalue weighted by Gasteiger charge is -2.30. The lowest BCUT2D eigenvalue weighted by Crippen LogP contribution is -2.32. The van der Waals surface area contributed by atoms with Gasteiger partial charge in [0.15, 0.2) is 0 Å². The predicted octanol–water partition coefficient (Wildman–Crippen LogP) is 2.97. The number of fused-ring (bicyclic) bond motifs is 2. The molecular formula is C12H18O2. The van der Waals surface area contributed by atoms with Gasteiger partial charge >= 0.3 is 5.97 Å². The summed E-state index contributed by atoms with van der Waals surface area (Å²) in [5.74, 6) is -0.125. The van der Waals surface area contributed by atoms with Crippen LogP contribution >= 0.6 is 0 Å². The molecule has 1 fully saturated rings. The van der Waals surface area contributed by atoms with Crippen LogP contribution in [0.15, 0.2) is 11.6 Å². The second-order valence-electron chi connectivity index (χ2n) is 4.58. The highest BCUT2D eigenvalue weighted by Gasteiger charge is 2.37. The number of carbonyl (C=O) groups is 1. The minimum absolute atomic E-state index is 0.125. The molecule has 1 saturated carbocycles. The summed E-state index contributed by atoms with van der Waals surface area (Å²) in [6.07, 6.45) is 10.3. The fraction of sp³-hybridized carbons (Fsp3) is 0.750. The van der Waals surface area contributed by atoms with Gasteiger partial charge in [-0.25, -0.2) is 0 Å². The normalized spacial score (nSPS) is 31.6. The lowest BCUT2D eigenvalue weighted by atomic mass is 9.88. The first-order valence-corrected chi connectivity index (χ1v) is 5.58. The summed E-state index contributed by atoms with van der Waals surface area (Å²) >= 11 is 0. The largest absolute Gasteiger partial charge is 0.459 e. The first kappa shape index (κ1) is 9.75. The van der Waals surface area contributed by atoms with Crippen molar-refractivity contribution in [2.24, 2.45) is 0 Å². The van der Waals surface area contributed by atoms with Crippen LogP contribution in [0.4, 0.5) is 0 Å². The van der Waals surface area contributed by atoms with E-state index in [4.69, 9.17) is 4.74 Å². The molecule has 0 aliphatic heterocycles. The number of esters is 1. The van der Waals surface area contributed by atoms with Crippen molar-refractivity contribution in [3.8, 4) is 0 Å². The molecule has 2 aliphatic carbocycles. The second-order valence-corrected chi connectivity index (χ2v) is 4.58. The van der Waals surface area contributed by atoms with Crippen LogP contribution in [-0.4, -0.2) is 11.6 Å². The summed E-state index contributed by atoms with van der Waals surface area (Å²) in [5, 5.41) is 0. The summed E-state index contributed by atoms with van der Waals surface area (Å²) < 4.78 is 5.51. The topological polar surface area (TPSA) is 26.3 Å². The first-order valence-electron chi connectivity index (χ1n) is 5.58. The fourth-order valence-electron chi connectivity index (χ4n) is 2.68. The third-order valence-electron chi connectivity index (χ3n) is 3.30. The number of hydrogen-bond donors (Lipinski definition) is 0. The van der Waals surface area contributed by atoms with Crippen LogP contribution in [0.25, 0.3) is 0 Å². The molecule has 0 aromatic rings. The molecule has 0 aromatic heterocycles. The molecule has 14 heavy (non-hydrogen) atoms. The quantitative estimate of drug-likeness (QED) is 0.474. The first-order chi connectivity index (χ1) is 6.70. The Labute approximate surface area is 85.3 Å². The van der Waals surface area contributed by atoms with Crippen LogP contribution in [0.2, 0.25) is 0 Å². The number of carbonyl (C=O) groups excluding carboxylic acids is 1. The van der Waals surface area contributed by atoms with E-state index in [1.807, 2.05) is 0 Å². The molecule has 0 saturated heterocycles. The molecule has 2 nitrogen and oxygen atoms in total. The third kappa shape index (κ3) is 1.99. The van der Waals surface area contributed by atoms with E-state index in [-0.39, 0.29) is 11.6 Å². The molecule has 1 atom stereocenters. The molecule has 1 unspecified atom stereocenters. The number of rotatable bonds is 1. The van der Waals surface area contributed by atoms with Crippen molar-refractivity contribution in [1.29, 1.82) is 0 Å². The number of hydrogen-bond acceptors (Lipinski definition) is 2. The maximum atomic E-state index is 11.0. The molecule has 0 radical (unpaired) electrons. The SMILES string of the molecule is CC(=O)OC12CC=C(CCCCC1)C2. The van der Waals surface area contributed by atoms with Crippen molar-refractivity contribution < 1.29 is 9.53 Å². The van der Waals surface area contributed by atoms with Crippen molar-refractivity contribution in [1.82, 2.24) is 0 Å². The van der Waals surface area contributed by atoms with Gasteiger partial charge in [-0.15, -0.1) is 0 Å². The standard InChI is InChI=1S/C12H18O2/c1-10(13)14-12-7-4-2-3-5-11(9-12)6-8-12/h6H,2-5,7-9H2,1H3. The minimum Gasteiger partial charge on any atom is -0.459 e. The maximum Gasteiger partial charge on any atom is 0.303 e. The molecule has 0 spiro atoms. The van der Waals surface area contributed by atoms with E-state index in [0.717, 1.165) is 19.3 Å². The zero-order valence-electron chi connectivity index (χ0n) is 8.84. The van der Waals surface area contributed by atoms with E-state index in [2.05, 4.69) is 6.08 Å². The van der Waals surface area contributed by atoms with Gasteiger partial charge in [0, 0.05) is 19.8 Å². The molecule has 78 valence electrons. The van der Waals surface area contributed by atoms with Gasteiger partial charge in [-0.05, 0) is 25.7 Å². The van der Waals surface area contributed by atoms with Crippen LogP contribution in [0.3, 0.4) is 0 Å². The summed E-state index contributed by atoms with van der Waals surface area (Å²) in [7, 11) is 0. The molecular weight excluding hydrogens is 176 g/mol. The van der Waals surface area contributed by atoms with Gasteiger partial charge in [0.05, 0.1) is 0 Å². The summed E-state index contributed by atoms with van der Waals surface area (Å²) in [6, 6.07) is 0. The molecule has 0 amide bonds. The zero-order chi connectivity index (χ0) is 10.0. The number of ether oxygens (including phenoxy) is 1. The maximum absolute atomic E-state index is 11.0. The molecule has 0 N–H and O–H groups in total. The average molecular weight is 194 g/mol. The van der Waals surface area contributed by atoms with Crippen LogP contribution < -0.4 is 0 Å². The Kier molecular flexibility index (Phi) is 2.62. The molecule has 2 aliphatic rings. The van der Waals surface area contributed by atoms with Crippen LogP contribution in [-0.2, 0) is 9.53 Å². The van der Waals surface area contributed by atoms with Crippen molar-refractivity contribution in [3.05, 3.63) is 11.6 Å². The summed E-state index contributed by atoms with van der Waals surface area (Å²) in [6.45, 7) is 1.52. The van der Waals surface area contributed by atoms with Crippen molar-refractivity contribution >= 4 is 5.97 Å². The smallest absolute Gasteiger partial charge is 0.303 e. The van der Waals surface area contributed by atoms with E-state index in [9.17, 15) is 4.79 Å². The highest BCUT2D eigenvalue weighted by molar-refractivity contribution is 5.66. The Bertz CT molecular complexity index is 267. The Morgan fingerprint density at radius 3 is 3.07 bits per heavy atom. The van der Waals surface area contributed by atoms with Crippen molar-refractivity contribution in [2.45, 2.75) is 57.5 Å². The van der Waals surface area contributed by atoms with Gasteiger partial charge in [-0.3, -0.25) is 4.79 Å². The summed E-state index contributed by atoms with van der Waals surface area (Å²) in [4.78, 5) is 11.0. The minimum atomic E-state index is -0.151. The van der Waals surface area contributed by atoms with E-state index in [1.54, 1.807) is 0 Å². The van der Waals surface area contributed by atoms with Crippen molar-refractivity contribution in [2.75, 3.05) is 0 Å². The van der Waals surface area contributed by atoms with E-state index < -0.39 is 0 Å². The Morgan fingerprint density at radius 1 is 1.43 bits per heavy atom. The third-order valence-corrected chi connectivity index (χ3v) is 3.30. The summed E-state index contributed by atoms with van der Waals surface area (Å²) in [5.41, 5.74) is 1.35. The van der Waals surface area contributed by atoms with E-state index in [0.29, 0.717) is 0 Å². The molecule has 2 bridgehead atoms. The zero-order valence-corrected chi connectivity index (χ0v) is 8.84. The van der Waals surface area contributed by atoms with E-state index >= 15 is 0 Å². The van der Waals surface area contributed by atoms with Gasteiger partial charge in [-0.1, -0.05) is 18.1 Å². The van der Waals surface area contributed by atoms with Crippen LogP contribution in [0.5, 0.6) is 0 Å². The highest BCUT2D eigenvalue weighted by Crippen LogP contribution is 2.40. The monoisotopic (exact) mass is 194 g/mol. The Morgan fingerprint density at radius 2 is 2.29 bits per heavy atom. The fourth-order valence-corrected chi connectivity index (χ4v) is 2.68. The van der Waals surface area contributed by atoms with E-state index in [1.165, 1.54) is 38.2 Å². The second kappa shape index (κ2) is 3.76. The van der Waals surface area contributed by atoms with Crippen LogP contribution in [0, 0.1) is 0 Å². The lowest BCUT2D eigenvalue weighted by molar-refractivity contribution is -0.157. The highest BCUT2D eigenvalue weighted by atomic mass is 16.6. The molecule has 2 rings (SSSR count).